The van der Waals surface area contributed by atoms with Crippen molar-refractivity contribution in [1.29, 1.82) is 0 Å². The maximum atomic E-state index is 11.1. The van der Waals surface area contributed by atoms with Crippen LogP contribution in [-0.2, 0) is 0 Å². The van der Waals surface area contributed by atoms with Crippen molar-refractivity contribution >= 4 is 23.2 Å². The highest BCUT2D eigenvalue weighted by molar-refractivity contribution is 6.30. The number of hydrogen-bond donors (Lipinski definition) is 1. The molecule has 2 aromatic rings. The van der Waals surface area contributed by atoms with Crippen molar-refractivity contribution in [1.82, 2.24) is 14.6 Å². The van der Waals surface area contributed by atoms with E-state index in [0.29, 0.717) is 16.7 Å². The summed E-state index contributed by atoms with van der Waals surface area (Å²) in [4.78, 5) is 15.5. The molecule has 19 heavy (non-hydrogen) atoms. The first-order valence-electron chi connectivity index (χ1n) is 6.36. The second-order valence-electron chi connectivity index (χ2n) is 4.98. The maximum absolute atomic E-state index is 11.1. The third-order valence-corrected chi connectivity index (χ3v) is 4.17. The maximum Gasteiger partial charge on any atom is 0.341 e. The molecule has 3 rings (SSSR count). The zero-order valence-electron chi connectivity index (χ0n) is 10.6. The van der Waals surface area contributed by atoms with Crippen molar-refractivity contribution in [2.75, 3.05) is 0 Å². The minimum atomic E-state index is -1.04. The predicted molar refractivity (Wildman–Crippen MR) is 70.9 cm³/mol. The first kappa shape index (κ1) is 12.4. The lowest BCUT2D eigenvalue weighted by Crippen LogP contribution is -2.07. The monoisotopic (exact) mass is 279 g/mol. The number of aromatic carboxylic acids is 1. The molecule has 1 N–H and O–H groups in total. The Kier molecular flexibility index (Phi) is 2.93. The van der Waals surface area contributed by atoms with Crippen molar-refractivity contribution in [2.24, 2.45) is 0 Å². The highest BCUT2D eigenvalue weighted by Crippen LogP contribution is 2.39. The average molecular weight is 280 g/mol. The van der Waals surface area contributed by atoms with Gasteiger partial charge in [-0.3, -0.25) is 0 Å². The Morgan fingerprint density at radius 2 is 2.16 bits per heavy atom. The van der Waals surface area contributed by atoms with Crippen LogP contribution in [0.4, 0.5) is 0 Å². The fourth-order valence-electron chi connectivity index (χ4n) is 2.90. The van der Waals surface area contributed by atoms with Gasteiger partial charge in [-0.2, -0.15) is 5.10 Å². The second kappa shape index (κ2) is 4.49. The van der Waals surface area contributed by atoms with E-state index in [1.165, 1.54) is 23.6 Å². The molecular weight excluding hydrogens is 266 g/mol. The van der Waals surface area contributed by atoms with Gasteiger partial charge in [0, 0.05) is 11.3 Å². The van der Waals surface area contributed by atoms with Crippen LogP contribution in [-0.4, -0.2) is 25.7 Å². The van der Waals surface area contributed by atoms with Crippen LogP contribution in [0.1, 0.15) is 53.2 Å². The van der Waals surface area contributed by atoms with E-state index >= 15 is 0 Å². The van der Waals surface area contributed by atoms with Crippen LogP contribution in [0.25, 0.3) is 5.65 Å². The second-order valence-corrected chi connectivity index (χ2v) is 5.34. The summed E-state index contributed by atoms with van der Waals surface area (Å²) in [6.45, 7) is 1.89. The van der Waals surface area contributed by atoms with Crippen LogP contribution in [0.5, 0.6) is 0 Å². The molecule has 2 aromatic heterocycles. The average Bonchev–Trinajstić information content (AvgIpc) is 2.97. The predicted octanol–water partition coefficient (Wildman–Crippen LogP) is 3.05. The summed E-state index contributed by atoms with van der Waals surface area (Å²) in [6.07, 6.45) is 5.94. The molecule has 2 heterocycles. The fourth-order valence-corrected chi connectivity index (χ4v) is 3.32. The summed E-state index contributed by atoms with van der Waals surface area (Å²) in [5, 5.41) is 13.7. The van der Waals surface area contributed by atoms with Crippen LogP contribution in [0, 0.1) is 6.92 Å². The van der Waals surface area contributed by atoms with Crippen molar-refractivity contribution in [2.45, 2.75) is 38.5 Å². The number of carboxylic acid groups (broad SMARTS) is 1. The number of carbonyl (C=O) groups is 1. The van der Waals surface area contributed by atoms with Gasteiger partial charge >= 0.3 is 5.97 Å². The number of fused-ring (bicyclic) bond motifs is 1. The first-order valence-corrected chi connectivity index (χ1v) is 6.74. The minimum Gasteiger partial charge on any atom is -0.477 e. The van der Waals surface area contributed by atoms with Crippen LogP contribution in [0.3, 0.4) is 0 Å². The Morgan fingerprint density at radius 1 is 1.47 bits per heavy atom. The van der Waals surface area contributed by atoms with Crippen molar-refractivity contribution in [3.63, 3.8) is 0 Å². The third-order valence-electron chi connectivity index (χ3n) is 3.81. The summed E-state index contributed by atoms with van der Waals surface area (Å²) in [5.74, 6) is -0.617. The number of carboxylic acids is 1. The van der Waals surface area contributed by atoms with Gasteiger partial charge in [-0.15, -0.1) is 0 Å². The highest BCUT2D eigenvalue weighted by atomic mass is 35.5. The van der Waals surface area contributed by atoms with E-state index in [1.54, 1.807) is 0 Å². The van der Waals surface area contributed by atoms with Gasteiger partial charge in [-0.25, -0.2) is 14.3 Å². The molecule has 1 aliphatic rings. The molecule has 6 heteroatoms. The summed E-state index contributed by atoms with van der Waals surface area (Å²) < 4.78 is 1.44. The minimum absolute atomic E-state index is 0.0861. The van der Waals surface area contributed by atoms with Gasteiger partial charge in [-0.1, -0.05) is 24.4 Å². The van der Waals surface area contributed by atoms with Gasteiger partial charge in [-0.05, 0) is 25.7 Å². The van der Waals surface area contributed by atoms with Crippen LogP contribution >= 0.6 is 11.6 Å². The van der Waals surface area contributed by atoms with Crippen molar-refractivity contribution in [3.8, 4) is 0 Å². The number of nitrogens with zero attached hydrogens (tertiary/aromatic N) is 3. The summed E-state index contributed by atoms with van der Waals surface area (Å²) in [5.41, 5.74) is 2.24. The quantitative estimate of drug-likeness (QED) is 0.858. The number of hydrogen-bond acceptors (Lipinski definition) is 3. The first-order chi connectivity index (χ1) is 9.09. The van der Waals surface area contributed by atoms with Gasteiger partial charge in [0.1, 0.15) is 10.7 Å². The summed E-state index contributed by atoms with van der Waals surface area (Å²) >= 11 is 6.41. The molecule has 1 saturated carbocycles. The number of rotatable bonds is 2. The molecule has 100 valence electrons. The molecule has 1 aliphatic carbocycles. The van der Waals surface area contributed by atoms with Crippen LogP contribution in [0.2, 0.25) is 5.15 Å². The fraction of sp³-hybridized carbons (Fsp3) is 0.462. The number of aryl methyl sites for hydroxylation is 1. The smallest absolute Gasteiger partial charge is 0.341 e. The van der Waals surface area contributed by atoms with E-state index in [4.69, 9.17) is 16.7 Å². The van der Waals surface area contributed by atoms with Gasteiger partial charge < -0.3 is 5.11 Å². The molecule has 0 spiro atoms. The molecule has 0 amide bonds. The van der Waals surface area contributed by atoms with E-state index in [2.05, 4.69) is 10.1 Å². The standard InChI is InChI=1S/C13H14ClN3O2/c1-7-10(8-4-2-3-5-8)11(14)17-12(16-7)9(6-15-17)13(18)19/h6,8H,2-5H2,1H3,(H,18,19). The lowest BCUT2D eigenvalue weighted by Gasteiger charge is -2.15. The molecule has 0 aromatic carbocycles. The zero-order chi connectivity index (χ0) is 13.6. The van der Waals surface area contributed by atoms with E-state index < -0.39 is 5.97 Å². The van der Waals surface area contributed by atoms with Crippen molar-refractivity contribution < 1.29 is 9.90 Å². The molecule has 0 radical (unpaired) electrons. The SMILES string of the molecule is Cc1nc2c(C(=O)O)cnn2c(Cl)c1C1CCCC1. The Hall–Kier alpha value is -1.62. The van der Waals surface area contributed by atoms with Gasteiger partial charge in [0.15, 0.2) is 5.65 Å². The largest absolute Gasteiger partial charge is 0.477 e. The number of aromatic nitrogens is 3. The molecular formula is C13H14ClN3O2. The summed E-state index contributed by atoms with van der Waals surface area (Å²) in [6, 6.07) is 0. The molecule has 0 saturated heterocycles. The third kappa shape index (κ3) is 1.89. The van der Waals surface area contributed by atoms with Gasteiger partial charge in [0.2, 0.25) is 0 Å². The molecule has 0 unspecified atom stereocenters. The van der Waals surface area contributed by atoms with E-state index in [1.807, 2.05) is 6.92 Å². The molecule has 0 aliphatic heterocycles. The summed E-state index contributed by atoms with van der Waals surface area (Å²) in [7, 11) is 0. The van der Waals surface area contributed by atoms with Gasteiger partial charge in [0.25, 0.3) is 0 Å². The van der Waals surface area contributed by atoms with E-state index in [0.717, 1.165) is 24.1 Å². The van der Waals surface area contributed by atoms with E-state index in [9.17, 15) is 4.79 Å². The normalized spacial score (nSPS) is 16.3. The van der Waals surface area contributed by atoms with Gasteiger partial charge in [0.05, 0.1) is 6.20 Å². The van der Waals surface area contributed by atoms with Crippen LogP contribution in [0.15, 0.2) is 6.20 Å². The molecule has 0 atom stereocenters. The lowest BCUT2D eigenvalue weighted by atomic mass is 9.98. The zero-order valence-corrected chi connectivity index (χ0v) is 11.3. The Balaban J connectivity index is 2.23. The highest BCUT2D eigenvalue weighted by Gasteiger charge is 2.25. The Morgan fingerprint density at radius 3 is 2.79 bits per heavy atom. The molecule has 5 nitrogen and oxygen atoms in total. The molecule has 0 bridgehead atoms. The Labute approximate surface area is 115 Å². The molecule has 1 fully saturated rings. The lowest BCUT2D eigenvalue weighted by molar-refractivity contribution is 0.0699. The topological polar surface area (TPSA) is 67.5 Å². The van der Waals surface area contributed by atoms with Crippen LogP contribution < -0.4 is 0 Å². The van der Waals surface area contributed by atoms with Crippen molar-refractivity contribution in [3.05, 3.63) is 28.2 Å². The Bertz CT molecular complexity index is 659. The van der Waals surface area contributed by atoms with E-state index in [-0.39, 0.29) is 5.56 Å². The number of halogens is 1.